The first-order chi connectivity index (χ1) is 9.02. The Morgan fingerprint density at radius 3 is 2.89 bits per heavy atom. The molecular formula is C14H17Br2NO2. The van der Waals surface area contributed by atoms with Crippen LogP contribution in [0.5, 0.6) is 0 Å². The van der Waals surface area contributed by atoms with Crippen LogP contribution in [0.25, 0.3) is 0 Å². The first-order valence-corrected chi connectivity index (χ1v) is 8.20. The lowest BCUT2D eigenvalue weighted by molar-refractivity contribution is -0.0559. The van der Waals surface area contributed by atoms with E-state index in [0.29, 0.717) is 13.1 Å². The van der Waals surface area contributed by atoms with Crippen LogP contribution in [0.2, 0.25) is 0 Å². The summed E-state index contributed by atoms with van der Waals surface area (Å²) in [6.45, 7) is 5.25. The lowest BCUT2D eigenvalue weighted by atomic mass is 10.1. The quantitative estimate of drug-likeness (QED) is 0.724. The Balaban J connectivity index is 2.21. The van der Waals surface area contributed by atoms with Gasteiger partial charge in [0.05, 0.1) is 12.2 Å². The number of amides is 1. The first kappa shape index (κ1) is 15.0. The summed E-state index contributed by atoms with van der Waals surface area (Å²) in [5, 5.41) is 0.749. The van der Waals surface area contributed by atoms with E-state index in [1.807, 2.05) is 36.9 Å². The number of morpholine rings is 1. The van der Waals surface area contributed by atoms with E-state index in [2.05, 4.69) is 31.9 Å². The maximum Gasteiger partial charge on any atom is 0.254 e. The van der Waals surface area contributed by atoms with E-state index in [9.17, 15) is 4.79 Å². The normalized spacial score (nSPS) is 23.5. The molecule has 0 saturated carbocycles. The third kappa shape index (κ3) is 3.38. The summed E-state index contributed by atoms with van der Waals surface area (Å²) < 4.78 is 6.72. The number of hydrogen-bond acceptors (Lipinski definition) is 2. The minimum Gasteiger partial charge on any atom is -0.371 e. The number of carbonyl (C=O) groups is 1. The van der Waals surface area contributed by atoms with Crippen molar-refractivity contribution < 1.29 is 9.53 Å². The van der Waals surface area contributed by atoms with Gasteiger partial charge in [0.1, 0.15) is 0 Å². The van der Waals surface area contributed by atoms with E-state index >= 15 is 0 Å². The van der Waals surface area contributed by atoms with Gasteiger partial charge < -0.3 is 9.64 Å². The van der Waals surface area contributed by atoms with E-state index in [-0.39, 0.29) is 18.1 Å². The van der Waals surface area contributed by atoms with Crippen molar-refractivity contribution in [2.24, 2.45) is 0 Å². The molecule has 1 saturated heterocycles. The van der Waals surface area contributed by atoms with Gasteiger partial charge in [0, 0.05) is 28.5 Å². The maximum atomic E-state index is 12.6. The summed E-state index contributed by atoms with van der Waals surface area (Å²) in [6, 6.07) is 5.73. The molecule has 104 valence electrons. The minimum atomic E-state index is 0.0696. The molecule has 1 heterocycles. The third-order valence-corrected chi connectivity index (χ3v) is 4.86. The molecule has 0 radical (unpaired) electrons. The van der Waals surface area contributed by atoms with Gasteiger partial charge in [0.2, 0.25) is 0 Å². The van der Waals surface area contributed by atoms with Gasteiger partial charge in [0.15, 0.2) is 0 Å². The topological polar surface area (TPSA) is 29.5 Å². The molecule has 1 aromatic rings. The van der Waals surface area contributed by atoms with Crippen molar-refractivity contribution >= 4 is 37.8 Å². The molecule has 0 aliphatic carbocycles. The molecule has 0 aromatic heterocycles. The lowest BCUT2D eigenvalue weighted by Crippen LogP contribution is -2.49. The van der Waals surface area contributed by atoms with Crippen molar-refractivity contribution in [3.05, 3.63) is 33.8 Å². The van der Waals surface area contributed by atoms with Crippen LogP contribution in [0.15, 0.2) is 22.7 Å². The number of alkyl halides is 1. The van der Waals surface area contributed by atoms with Crippen LogP contribution in [0.1, 0.15) is 22.8 Å². The molecule has 1 aliphatic heterocycles. The van der Waals surface area contributed by atoms with Crippen LogP contribution in [0.3, 0.4) is 0 Å². The second-order valence-electron chi connectivity index (χ2n) is 4.85. The zero-order valence-electron chi connectivity index (χ0n) is 11.0. The van der Waals surface area contributed by atoms with Crippen molar-refractivity contribution in [3.8, 4) is 0 Å². The Labute approximate surface area is 130 Å². The summed E-state index contributed by atoms with van der Waals surface area (Å²) in [4.78, 5) is 14.5. The van der Waals surface area contributed by atoms with Crippen molar-refractivity contribution in [3.63, 3.8) is 0 Å². The maximum absolute atomic E-state index is 12.6. The standard InChI is InChI=1S/C14H17Br2NO2/c1-9-7-17(8-11(6-15)19-9)14(18)12-4-3-5-13(16)10(12)2/h3-5,9,11H,6-8H2,1-2H3. The monoisotopic (exact) mass is 389 g/mol. The largest absolute Gasteiger partial charge is 0.371 e. The van der Waals surface area contributed by atoms with Gasteiger partial charge in [-0.1, -0.05) is 37.9 Å². The molecule has 1 aliphatic rings. The second kappa shape index (κ2) is 6.37. The molecule has 2 unspecified atom stereocenters. The van der Waals surface area contributed by atoms with Crippen LogP contribution in [0.4, 0.5) is 0 Å². The van der Waals surface area contributed by atoms with Crippen molar-refractivity contribution in [1.82, 2.24) is 4.90 Å². The molecule has 1 aromatic carbocycles. The molecule has 1 fully saturated rings. The van der Waals surface area contributed by atoms with E-state index in [0.717, 1.165) is 20.9 Å². The number of benzene rings is 1. The van der Waals surface area contributed by atoms with E-state index in [1.54, 1.807) is 0 Å². The van der Waals surface area contributed by atoms with Crippen LogP contribution in [0, 0.1) is 6.92 Å². The Morgan fingerprint density at radius 1 is 1.47 bits per heavy atom. The van der Waals surface area contributed by atoms with Gasteiger partial charge in [-0.2, -0.15) is 0 Å². The average Bonchev–Trinajstić information content (AvgIpc) is 2.40. The highest BCUT2D eigenvalue weighted by molar-refractivity contribution is 9.10. The van der Waals surface area contributed by atoms with Crippen molar-refractivity contribution in [1.29, 1.82) is 0 Å². The van der Waals surface area contributed by atoms with Crippen LogP contribution in [-0.4, -0.2) is 41.4 Å². The summed E-state index contributed by atoms with van der Waals surface area (Å²) in [7, 11) is 0. The minimum absolute atomic E-state index is 0.0696. The van der Waals surface area contributed by atoms with Gasteiger partial charge in [-0.15, -0.1) is 0 Å². The molecular weight excluding hydrogens is 374 g/mol. The molecule has 0 bridgehead atoms. The number of hydrogen-bond donors (Lipinski definition) is 0. The summed E-state index contributed by atoms with van der Waals surface area (Å²) >= 11 is 6.90. The van der Waals surface area contributed by atoms with Crippen LogP contribution < -0.4 is 0 Å². The molecule has 2 atom stereocenters. The van der Waals surface area contributed by atoms with E-state index < -0.39 is 0 Å². The highest BCUT2D eigenvalue weighted by atomic mass is 79.9. The van der Waals surface area contributed by atoms with E-state index in [4.69, 9.17) is 4.74 Å². The smallest absolute Gasteiger partial charge is 0.254 e. The lowest BCUT2D eigenvalue weighted by Gasteiger charge is -2.36. The summed E-state index contributed by atoms with van der Waals surface area (Å²) in [5.74, 6) is 0.0832. The van der Waals surface area contributed by atoms with Crippen LogP contribution in [-0.2, 0) is 4.74 Å². The van der Waals surface area contributed by atoms with Crippen molar-refractivity contribution in [2.45, 2.75) is 26.1 Å². The SMILES string of the molecule is Cc1c(Br)cccc1C(=O)N1CC(C)OC(CBr)C1. The Kier molecular flexibility index (Phi) is 5.03. The fourth-order valence-electron chi connectivity index (χ4n) is 2.31. The highest BCUT2D eigenvalue weighted by Gasteiger charge is 2.29. The number of ether oxygens (including phenoxy) is 1. The van der Waals surface area contributed by atoms with Crippen LogP contribution >= 0.6 is 31.9 Å². The average molecular weight is 391 g/mol. The summed E-state index contributed by atoms with van der Waals surface area (Å²) in [5.41, 5.74) is 1.75. The Morgan fingerprint density at radius 2 is 2.21 bits per heavy atom. The molecule has 3 nitrogen and oxygen atoms in total. The number of nitrogens with zero attached hydrogens (tertiary/aromatic N) is 1. The molecule has 0 N–H and O–H groups in total. The van der Waals surface area contributed by atoms with Gasteiger partial charge in [-0.3, -0.25) is 4.79 Å². The van der Waals surface area contributed by atoms with Gasteiger partial charge in [-0.25, -0.2) is 0 Å². The van der Waals surface area contributed by atoms with Gasteiger partial charge in [-0.05, 0) is 31.5 Å². The van der Waals surface area contributed by atoms with Gasteiger partial charge >= 0.3 is 0 Å². The predicted octanol–water partition coefficient (Wildman–Crippen LogP) is 3.38. The molecule has 0 spiro atoms. The number of carbonyl (C=O) groups excluding carboxylic acids is 1. The zero-order valence-corrected chi connectivity index (χ0v) is 14.2. The fourth-order valence-corrected chi connectivity index (χ4v) is 3.03. The Hall–Kier alpha value is -0.390. The number of halogens is 2. The number of rotatable bonds is 2. The zero-order chi connectivity index (χ0) is 14.0. The fraction of sp³-hybridized carbons (Fsp3) is 0.500. The predicted molar refractivity (Wildman–Crippen MR) is 82.9 cm³/mol. The Bertz CT molecular complexity index is 479. The van der Waals surface area contributed by atoms with Crippen molar-refractivity contribution in [2.75, 3.05) is 18.4 Å². The molecule has 5 heteroatoms. The second-order valence-corrected chi connectivity index (χ2v) is 6.35. The summed E-state index contributed by atoms with van der Waals surface area (Å²) in [6.07, 6.45) is 0.146. The molecule has 19 heavy (non-hydrogen) atoms. The first-order valence-electron chi connectivity index (χ1n) is 6.28. The van der Waals surface area contributed by atoms with E-state index in [1.165, 1.54) is 0 Å². The molecule has 2 rings (SSSR count). The van der Waals surface area contributed by atoms with Gasteiger partial charge in [0.25, 0.3) is 5.91 Å². The molecule has 1 amide bonds. The highest BCUT2D eigenvalue weighted by Crippen LogP contribution is 2.22. The third-order valence-electron chi connectivity index (χ3n) is 3.28.